The first-order valence-corrected chi connectivity index (χ1v) is 13.4. The maximum atomic E-state index is 14.0. The number of esters is 4. The van der Waals surface area contributed by atoms with Crippen LogP contribution in [0.15, 0.2) is 48.5 Å². The number of ether oxygens (including phenoxy) is 4. The van der Waals surface area contributed by atoms with E-state index in [-0.39, 0.29) is 24.2 Å². The standard InChI is InChI=1S/C32H34F2N2O8/c1-7-31(3,4)35-17-21(19-41-27(37)23-13-9-11-15-25(23)33)43-29(39)30(40)44-22(18-36-32(5,6)8-2)20-42-28(38)24-14-10-12-16-26(24)34/h1-2,9-16,21-22,35-36H,17-20H2,3-6H3. The van der Waals surface area contributed by atoms with E-state index in [2.05, 4.69) is 22.5 Å². The molecule has 0 aromatic heterocycles. The minimum atomic E-state index is -1.47. The van der Waals surface area contributed by atoms with E-state index in [0.29, 0.717) is 0 Å². The Bertz CT molecular complexity index is 1320. The molecule has 0 radical (unpaired) electrons. The van der Waals surface area contributed by atoms with Gasteiger partial charge >= 0.3 is 23.9 Å². The highest BCUT2D eigenvalue weighted by molar-refractivity contribution is 6.29. The van der Waals surface area contributed by atoms with Crippen molar-refractivity contribution in [2.24, 2.45) is 0 Å². The van der Waals surface area contributed by atoms with Crippen molar-refractivity contribution in [1.29, 1.82) is 0 Å². The highest BCUT2D eigenvalue weighted by Gasteiger charge is 2.30. The van der Waals surface area contributed by atoms with Crippen LogP contribution in [0.2, 0.25) is 0 Å². The Labute approximate surface area is 254 Å². The number of nitrogens with one attached hydrogen (secondary N) is 2. The van der Waals surface area contributed by atoms with Crippen LogP contribution in [-0.2, 0) is 28.5 Å². The van der Waals surface area contributed by atoms with E-state index in [9.17, 15) is 28.0 Å². The van der Waals surface area contributed by atoms with Gasteiger partial charge in [0.15, 0.2) is 0 Å². The van der Waals surface area contributed by atoms with Gasteiger partial charge in [-0.1, -0.05) is 36.1 Å². The molecule has 10 nitrogen and oxygen atoms in total. The topological polar surface area (TPSA) is 129 Å². The lowest BCUT2D eigenvalue weighted by molar-refractivity contribution is -0.176. The van der Waals surface area contributed by atoms with Crippen molar-refractivity contribution >= 4 is 23.9 Å². The molecule has 0 amide bonds. The molecule has 0 aliphatic rings. The molecule has 2 aromatic rings. The van der Waals surface area contributed by atoms with Crippen molar-refractivity contribution in [3.8, 4) is 24.7 Å². The maximum absolute atomic E-state index is 14.0. The summed E-state index contributed by atoms with van der Waals surface area (Å²) in [6.45, 7) is 5.16. The van der Waals surface area contributed by atoms with E-state index in [1.165, 1.54) is 36.4 Å². The fourth-order valence-corrected chi connectivity index (χ4v) is 3.25. The summed E-state index contributed by atoms with van der Waals surface area (Å²) in [7, 11) is 0. The number of carbonyl (C=O) groups is 4. The lowest BCUT2D eigenvalue weighted by Gasteiger charge is -2.25. The molecule has 0 saturated heterocycles. The number of halogens is 2. The second kappa shape index (κ2) is 16.2. The first kappa shape index (κ1) is 35.4. The molecule has 2 atom stereocenters. The van der Waals surface area contributed by atoms with Gasteiger partial charge in [0.05, 0.1) is 22.2 Å². The summed E-state index contributed by atoms with van der Waals surface area (Å²) in [5.41, 5.74) is -2.43. The fraction of sp³-hybridized carbons (Fsp3) is 0.375. The summed E-state index contributed by atoms with van der Waals surface area (Å²) in [5.74, 6) is -1.67. The summed E-state index contributed by atoms with van der Waals surface area (Å²) >= 11 is 0. The normalized spacial score (nSPS) is 12.5. The molecule has 0 aliphatic carbocycles. The van der Waals surface area contributed by atoms with Gasteiger partial charge in [-0.05, 0) is 52.0 Å². The fourth-order valence-electron chi connectivity index (χ4n) is 3.25. The van der Waals surface area contributed by atoms with E-state index >= 15 is 0 Å². The summed E-state index contributed by atoms with van der Waals surface area (Å²) in [5, 5.41) is 5.83. The summed E-state index contributed by atoms with van der Waals surface area (Å²) in [4.78, 5) is 50.3. The molecule has 0 spiro atoms. The van der Waals surface area contributed by atoms with Gasteiger partial charge in [-0.2, -0.15) is 0 Å². The van der Waals surface area contributed by atoms with Crippen LogP contribution >= 0.6 is 0 Å². The van der Waals surface area contributed by atoms with E-state index < -0.39 is 72.0 Å². The van der Waals surface area contributed by atoms with Crippen molar-refractivity contribution < 1.29 is 46.9 Å². The monoisotopic (exact) mass is 612 g/mol. The Hall–Kier alpha value is -4.78. The third-order valence-corrected chi connectivity index (χ3v) is 5.97. The number of hydrogen-bond acceptors (Lipinski definition) is 10. The van der Waals surface area contributed by atoms with E-state index in [4.69, 9.17) is 31.8 Å². The zero-order chi connectivity index (χ0) is 32.9. The Morgan fingerprint density at radius 1 is 0.705 bits per heavy atom. The molecular weight excluding hydrogens is 578 g/mol. The molecule has 0 aliphatic heterocycles. The smallest absolute Gasteiger partial charge is 0.417 e. The van der Waals surface area contributed by atoms with Gasteiger partial charge in [-0.15, -0.1) is 12.8 Å². The first-order valence-electron chi connectivity index (χ1n) is 13.4. The zero-order valence-corrected chi connectivity index (χ0v) is 24.8. The Kier molecular flexibility index (Phi) is 13.0. The molecule has 2 aromatic carbocycles. The minimum Gasteiger partial charge on any atom is -0.458 e. The molecule has 2 unspecified atom stereocenters. The SMILES string of the molecule is C#CC(C)(C)NCC(COC(=O)c1ccccc1F)OC(=O)C(=O)OC(CNC(C)(C)C#C)COC(=O)c1ccccc1F. The number of terminal acetylenes is 2. The average Bonchev–Trinajstić information content (AvgIpc) is 2.99. The lowest BCUT2D eigenvalue weighted by Crippen LogP contribution is -2.47. The van der Waals surface area contributed by atoms with Crippen molar-refractivity contribution in [3.63, 3.8) is 0 Å². The second-order valence-electron chi connectivity index (χ2n) is 10.5. The van der Waals surface area contributed by atoms with Crippen LogP contribution in [-0.4, -0.2) is 73.5 Å². The zero-order valence-electron chi connectivity index (χ0n) is 24.8. The molecular formula is C32H34F2N2O8. The van der Waals surface area contributed by atoms with Gasteiger partial charge in [0.1, 0.15) is 37.1 Å². The minimum absolute atomic E-state index is 0.164. The number of benzene rings is 2. The highest BCUT2D eigenvalue weighted by atomic mass is 19.1. The summed E-state index contributed by atoms with van der Waals surface area (Å²) in [6, 6.07) is 10.2. The molecule has 44 heavy (non-hydrogen) atoms. The Morgan fingerprint density at radius 3 is 1.36 bits per heavy atom. The quantitative estimate of drug-likeness (QED) is 0.142. The van der Waals surface area contributed by atoms with Crippen LogP contribution in [0.3, 0.4) is 0 Å². The Balaban J connectivity index is 2.12. The predicted molar refractivity (Wildman–Crippen MR) is 155 cm³/mol. The van der Waals surface area contributed by atoms with Gasteiger partial charge in [0.2, 0.25) is 0 Å². The number of rotatable bonds is 14. The molecule has 0 heterocycles. The van der Waals surface area contributed by atoms with Crippen LogP contribution in [0.1, 0.15) is 48.4 Å². The van der Waals surface area contributed by atoms with Gasteiger partial charge in [-0.25, -0.2) is 28.0 Å². The predicted octanol–water partition coefficient (Wildman–Crippen LogP) is 2.81. The van der Waals surface area contributed by atoms with Crippen molar-refractivity contribution in [1.82, 2.24) is 10.6 Å². The molecule has 2 N–H and O–H groups in total. The van der Waals surface area contributed by atoms with Gasteiger partial charge < -0.3 is 18.9 Å². The van der Waals surface area contributed by atoms with Gasteiger partial charge in [0, 0.05) is 13.1 Å². The third-order valence-electron chi connectivity index (χ3n) is 5.97. The van der Waals surface area contributed by atoms with E-state index in [1.54, 1.807) is 27.7 Å². The molecule has 234 valence electrons. The van der Waals surface area contributed by atoms with Crippen LogP contribution in [0, 0.1) is 36.3 Å². The number of carbonyl (C=O) groups excluding carboxylic acids is 4. The first-order chi connectivity index (χ1) is 20.7. The third kappa shape index (κ3) is 11.5. The highest BCUT2D eigenvalue weighted by Crippen LogP contribution is 2.11. The van der Waals surface area contributed by atoms with E-state index in [0.717, 1.165) is 12.1 Å². The van der Waals surface area contributed by atoms with Gasteiger partial charge in [0.25, 0.3) is 0 Å². The maximum Gasteiger partial charge on any atom is 0.417 e. The average molecular weight is 613 g/mol. The van der Waals surface area contributed by atoms with E-state index in [1.807, 2.05) is 0 Å². The van der Waals surface area contributed by atoms with Gasteiger partial charge in [-0.3, -0.25) is 10.6 Å². The second-order valence-corrected chi connectivity index (χ2v) is 10.5. The molecule has 0 bridgehead atoms. The molecule has 12 heteroatoms. The number of hydrogen-bond donors (Lipinski definition) is 2. The molecule has 0 saturated carbocycles. The molecule has 2 rings (SSSR count). The van der Waals surface area contributed by atoms with Crippen LogP contribution in [0.5, 0.6) is 0 Å². The van der Waals surface area contributed by atoms with Crippen molar-refractivity contribution in [3.05, 3.63) is 71.3 Å². The lowest BCUT2D eigenvalue weighted by atomic mass is 10.1. The van der Waals surface area contributed by atoms with Crippen LogP contribution in [0.25, 0.3) is 0 Å². The van der Waals surface area contributed by atoms with Crippen LogP contribution < -0.4 is 10.6 Å². The van der Waals surface area contributed by atoms with Crippen molar-refractivity contribution in [2.75, 3.05) is 26.3 Å². The largest absolute Gasteiger partial charge is 0.458 e. The summed E-state index contributed by atoms with van der Waals surface area (Å²) < 4.78 is 48.7. The Morgan fingerprint density at radius 2 is 1.05 bits per heavy atom. The van der Waals surface area contributed by atoms with Crippen molar-refractivity contribution in [2.45, 2.75) is 51.0 Å². The summed E-state index contributed by atoms with van der Waals surface area (Å²) in [6.07, 6.45) is 8.45. The molecule has 0 fully saturated rings. The van der Waals surface area contributed by atoms with Crippen LogP contribution in [0.4, 0.5) is 8.78 Å².